The fourth-order valence-corrected chi connectivity index (χ4v) is 3.97. The second kappa shape index (κ2) is 5.73. The topological polar surface area (TPSA) is 67.9 Å². The fourth-order valence-electron chi connectivity index (χ4n) is 3.75. The minimum absolute atomic E-state index is 0.00380. The third-order valence-corrected chi connectivity index (χ3v) is 5.40. The highest BCUT2D eigenvalue weighted by molar-refractivity contribution is 6.31. The van der Waals surface area contributed by atoms with E-state index in [0.29, 0.717) is 35.9 Å². The Morgan fingerprint density at radius 3 is 2.79 bits per heavy atom. The molecule has 0 N–H and O–H groups in total. The predicted molar refractivity (Wildman–Crippen MR) is 88.4 cm³/mol. The lowest BCUT2D eigenvalue weighted by Gasteiger charge is -2.39. The van der Waals surface area contributed by atoms with E-state index in [0.717, 1.165) is 30.6 Å². The zero-order valence-corrected chi connectivity index (χ0v) is 13.8. The normalized spacial score (nSPS) is 19.1. The average molecular weight is 342 g/mol. The summed E-state index contributed by atoms with van der Waals surface area (Å²) >= 11 is 6.13. The average Bonchev–Trinajstić information content (AvgIpc) is 2.99. The van der Waals surface area contributed by atoms with E-state index in [4.69, 9.17) is 21.6 Å². The molecule has 0 bridgehead atoms. The predicted octanol–water partition coefficient (Wildman–Crippen LogP) is 3.32. The summed E-state index contributed by atoms with van der Waals surface area (Å²) < 4.78 is 7.24. The van der Waals surface area contributed by atoms with Crippen LogP contribution in [0.25, 0.3) is 5.69 Å². The van der Waals surface area contributed by atoms with Crippen molar-refractivity contribution in [1.29, 1.82) is 5.26 Å². The molecular weight excluding hydrogens is 326 g/mol. The Balaban J connectivity index is 1.73. The third kappa shape index (κ3) is 2.43. The smallest absolute Gasteiger partial charge is 0.182 e. The molecular formula is C18H16ClN3O2. The molecule has 2 heterocycles. The van der Waals surface area contributed by atoms with Crippen LogP contribution in [0.15, 0.2) is 24.5 Å². The largest absolute Gasteiger partial charge is 0.381 e. The zero-order valence-electron chi connectivity index (χ0n) is 13.1. The Bertz CT molecular complexity index is 860. The molecule has 5 nitrogen and oxygen atoms in total. The van der Waals surface area contributed by atoms with Crippen LogP contribution >= 0.6 is 11.6 Å². The SMILES string of the molecule is N#Cc1ccc(-n2cnc3c2C(=O)CC2(CCOCC2)C3)cc1Cl. The molecule has 1 saturated heterocycles. The van der Waals surface area contributed by atoms with Crippen LogP contribution in [-0.4, -0.2) is 28.5 Å². The van der Waals surface area contributed by atoms with Gasteiger partial charge in [0.1, 0.15) is 18.1 Å². The Kier molecular flexibility index (Phi) is 3.67. The van der Waals surface area contributed by atoms with Gasteiger partial charge in [-0.05, 0) is 42.9 Å². The molecule has 4 rings (SSSR count). The van der Waals surface area contributed by atoms with E-state index in [1.54, 1.807) is 29.1 Å². The molecule has 0 amide bonds. The molecule has 2 aromatic rings. The number of fused-ring (bicyclic) bond motifs is 1. The second-order valence-corrected chi connectivity index (χ2v) is 6.98. The van der Waals surface area contributed by atoms with Crippen LogP contribution in [0.3, 0.4) is 0 Å². The summed E-state index contributed by atoms with van der Waals surface area (Å²) in [5, 5.41) is 9.37. The van der Waals surface area contributed by atoms with Gasteiger partial charge in [-0.1, -0.05) is 11.6 Å². The molecule has 1 aliphatic carbocycles. The van der Waals surface area contributed by atoms with Gasteiger partial charge in [-0.3, -0.25) is 9.36 Å². The zero-order chi connectivity index (χ0) is 16.7. The Labute approximate surface area is 144 Å². The summed E-state index contributed by atoms with van der Waals surface area (Å²) in [6.07, 6.45) is 4.85. The lowest BCUT2D eigenvalue weighted by Crippen LogP contribution is -2.38. The van der Waals surface area contributed by atoms with Gasteiger partial charge in [0, 0.05) is 25.3 Å². The molecule has 1 aromatic carbocycles. The van der Waals surface area contributed by atoms with Gasteiger partial charge in [0.25, 0.3) is 0 Å². The number of ether oxygens (including phenoxy) is 1. The monoisotopic (exact) mass is 341 g/mol. The fraction of sp³-hybridized carbons (Fsp3) is 0.389. The molecule has 0 saturated carbocycles. The van der Waals surface area contributed by atoms with Crippen LogP contribution in [0.1, 0.15) is 41.0 Å². The van der Waals surface area contributed by atoms with Gasteiger partial charge >= 0.3 is 0 Å². The van der Waals surface area contributed by atoms with Crippen molar-refractivity contribution >= 4 is 17.4 Å². The van der Waals surface area contributed by atoms with Crippen LogP contribution in [0.5, 0.6) is 0 Å². The van der Waals surface area contributed by atoms with Crippen molar-refractivity contribution in [1.82, 2.24) is 9.55 Å². The first-order valence-electron chi connectivity index (χ1n) is 7.99. The first kappa shape index (κ1) is 15.4. The lowest BCUT2D eigenvalue weighted by molar-refractivity contribution is 0.00866. The van der Waals surface area contributed by atoms with Crippen molar-refractivity contribution in [3.8, 4) is 11.8 Å². The number of imidazole rings is 1. The maximum atomic E-state index is 12.8. The summed E-state index contributed by atoms with van der Waals surface area (Å²) in [6.45, 7) is 1.43. The number of nitriles is 1. The summed E-state index contributed by atoms with van der Waals surface area (Å²) in [5.41, 5.74) is 2.68. The van der Waals surface area contributed by atoms with Crippen molar-refractivity contribution in [2.75, 3.05) is 13.2 Å². The van der Waals surface area contributed by atoms with Crippen molar-refractivity contribution in [3.63, 3.8) is 0 Å². The number of benzene rings is 1. The van der Waals surface area contributed by atoms with Crippen molar-refractivity contribution < 1.29 is 9.53 Å². The van der Waals surface area contributed by atoms with E-state index in [2.05, 4.69) is 4.98 Å². The maximum absolute atomic E-state index is 12.8. The third-order valence-electron chi connectivity index (χ3n) is 5.09. The summed E-state index contributed by atoms with van der Waals surface area (Å²) in [4.78, 5) is 17.3. The van der Waals surface area contributed by atoms with E-state index < -0.39 is 0 Å². The number of rotatable bonds is 1. The first-order valence-corrected chi connectivity index (χ1v) is 8.37. The number of hydrogen-bond donors (Lipinski definition) is 0. The van der Waals surface area contributed by atoms with E-state index in [1.807, 2.05) is 6.07 Å². The molecule has 24 heavy (non-hydrogen) atoms. The maximum Gasteiger partial charge on any atom is 0.182 e. The highest BCUT2D eigenvalue weighted by atomic mass is 35.5. The molecule has 2 aliphatic rings. The van der Waals surface area contributed by atoms with Gasteiger partial charge in [0.2, 0.25) is 0 Å². The molecule has 1 aliphatic heterocycles. The highest BCUT2D eigenvalue weighted by Crippen LogP contribution is 2.43. The van der Waals surface area contributed by atoms with E-state index in [9.17, 15) is 4.79 Å². The number of nitrogens with zero attached hydrogens (tertiary/aromatic N) is 3. The van der Waals surface area contributed by atoms with Crippen LogP contribution in [0, 0.1) is 16.7 Å². The molecule has 1 aromatic heterocycles. The van der Waals surface area contributed by atoms with Crippen molar-refractivity contribution in [2.24, 2.45) is 5.41 Å². The van der Waals surface area contributed by atoms with Crippen LogP contribution < -0.4 is 0 Å². The lowest BCUT2D eigenvalue weighted by atomic mass is 9.69. The van der Waals surface area contributed by atoms with Gasteiger partial charge in [-0.15, -0.1) is 0 Å². The summed E-state index contributed by atoms with van der Waals surface area (Å²) in [7, 11) is 0. The van der Waals surface area contributed by atoms with Crippen LogP contribution in [0.4, 0.5) is 0 Å². The molecule has 122 valence electrons. The van der Waals surface area contributed by atoms with Crippen molar-refractivity contribution in [2.45, 2.75) is 25.7 Å². The number of carbonyl (C=O) groups is 1. The number of carbonyl (C=O) groups excluding carboxylic acids is 1. The van der Waals surface area contributed by atoms with Crippen LogP contribution in [-0.2, 0) is 11.2 Å². The number of ketones is 1. The quantitative estimate of drug-likeness (QED) is 0.798. The minimum Gasteiger partial charge on any atom is -0.381 e. The number of hydrogen-bond acceptors (Lipinski definition) is 4. The molecule has 0 atom stereocenters. The highest BCUT2D eigenvalue weighted by Gasteiger charge is 2.42. The first-order chi connectivity index (χ1) is 11.6. The van der Waals surface area contributed by atoms with Crippen LogP contribution in [0.2, 0.25) is 5.02 Å². The van der Waals surface area contributed by atoms with Crippen molar-refractivity contribution in [3.05, 3.63) is 46.5 Å². The molecule has 0 unspecified atom stereocenters. The molecule has 1 spiro atoms. The number of Topliss-reactive ketones (excluding diaryl/α,β-unsaturated/α-hetero) is 1. The van der Waals surface area contributed by atoms with Gasteiger partial charge < -0.3 is 4.74 Å². The minimum atomic E-state index is 0.00380. The Morgan fingerprint density at radius 1 is 1.29 bits per heavy atom. The molecule has 6 heteroatoms. The second-order valence-electron chi connectivity index (χ2n) is 6.57. The van der Waals surface area contributed by atoms with E-state index in [-0.39, 0.29) is 11.2 Å². The van der Waals surface area contributed by atoms with Gasteiger partial charge in [-0.25, -0.2) is 4.98 Å². The van der Waals surface area contributed by atoms with Gasteiger partial charge in [-0.2, -0.15) is 5.26 Å². The van der Waals surface area contributed by atoms with Gasteiger partial charge in [0.15, 0.2) is 5.78 Å². The summed E-state index contributed by atoms with van der Waals surface area (Å²) in [6, 6.07) is 7.20. The number of aromatic nitrogens is 2. The van der Waals surface area contributed by atoms with E-state index >= 15 is 0 Å². The molecule has 0 radical (unpaired) electrons. The van der Waals surface area contributed by atoms with E-state index in [1.165, 1.54) is 0 Å². The Hall–Kier alpha value is -2.16. The van der Waals surface area contributed by atoms with Gasteiger partial charge in [0.05, 0.1) is 16.3 Å². The number of halogens is 1. The summed E-state index contributed by atoms with van der Waals surface area (Å²) in [5.74, 6) is 0.121. The Morgan fingerprint density at radius 2 is 2.08 bits per heavy atom. The molecule has 1 fully saturated rings. The standard InChI is InChI=1S/C18H16ClN3O2/c19-14-7-13(2-1-12(14)10-20)22-11-21-15-8-18(3-5-24-6-4-18)9-16(23)17(15)22/h1-2,7,11H,3-6,8-9H2.